The van der Waals surface area contributed by atoms with Crippen molar-refractivity contribution in [1.29, 1.82) is 0 Å². The van der Waals surface area contributed by atoms with Crippen molar-refractivity contribution in [3.05, 3.63) is 29.1 Å². The van der Waals surface area contributed by atoms with Gasteiger partial charge >= 0.3 is 0 Å². The van der Waals surface area contributed by atoms with Crippen LogP contribution in [0.2, 0.25) is 0 Å². The maximum Gasteiger partial charge on any atom is 0.241 e. The average molecular weight is 273 g/mol. The highest BCUT2D eigenvalue weighted by Gasteiger charge is 2.37. The third kappa shape index (κ3) is 2.55. The average Bonchev–Trinajstić information content (AvgIpc) is 2.96. The van der Waals surface area contributed by atoms with Crippen molar-refractivity contribution < 1.29 is 17.9 Å². The number of rotatable bonds is 4. The summed E-state index contributed by atoms with van der Waals surface area (Å²) in [5.41, 5.74) is 0.329. The lowest BCUT2D eigenvalue weighted by Crippen LogP contribution is -2.27. The number of sulfonamides is 1. The van der Waals surface area contributed by atoms with Crippen molar-refractivity contribution in [3.8, 4) is 0 Å². The Morgan fingerprint density at radius 2 is 2.11 bits per heavy atom. The van der Waals surface area contributed by atoms with Crippen LogP contribution in [0.5, 0.6) is 0 Å². The van der Waals surface area contributed by atoms with E-state index in [1.54, 1.807) is 0 Å². The molecule has 1 saturated carbocycles. The van der Waals surface area contributed by atoms with Gasteiger partial charge in [-0.25, -0.2) is 17.5 Å². The fourth-order valence-corrected chi connectivity index (χ4v) is 3.49. The molecule has 0 spiro atoms. The van der Waals surface area contributed by atoms with Crippen molar-refractivity contribution >= 4 is 10.0 Å². The maximum atomic E-state index is 13.6. The van der Waals surface area contributed by atoms with E-state index in [0.717, 1.165) is 12.5 Å². The molecule has 1 aliphatic carbocycles. The van der Waals surface area contributed by atoms with Crippen LogP contribution in [0, 0.1) is 18.7 Å². The van der Waals surface area contributed by atoms with Gasteiger partial charge in [-0.05, 0) is 37.0 Å². The number of hydrogen-bond donors (Lipinski definition) is 2. The summed E-state index contributed by atoms with van der Waals surface area (Å²) in [6, 6.07) is 2.40. The fourth-order valence-electron chi connectivity index (χ4n) is 1.83. The number of halogens is 1. The van der Waals surface area contributed by atoms with Crippen molar-refractivity contribution in [3.63, 3.8) is 0 Å². The van der Waals surface area contributed by atoms with E-state index in [9.17, 15) is 12.8 Å². The largest absolute Gasteiger partial charge is 0.392 e. The van der Waals surface area contributed by atoms with E-state index in [0.29, 0.717) is 5.92 Å². The normalized spacial score (nSPS) is 23.1. The predicted molar refractivity (Wildman–Crippen MR) is 65.0 cm³/mol. The van der Waals surface area contributed by atoms with Crippen LogP contribution in [0.15, 0.2) is 17.0 Å². The van der Waals surface area contributed by atoms with E-state index in [-0.39, 0.29) is 28.7 Å². The van der Waals surface area contributed by atoms with E-state index >= 15 is 0 Å². The van der Waals surface area contributed by atoms with E-state index < -0.39 is 15.8 Å². The molecule has 0 saturated heterocycles. The van der Waals surface area contributed by atoms with Gasteiger partial charge in [0.15, 0.2) is 0 Å². The van der Waals surface area contributed by atoms with Crippen LogP contribution in [-0.2, 0) is 16.6 Å². The zero-order valence-corrected chi connectivity index (χ0v) is 11.1. The van der Waals surface area contributed by atoms with Gasteiger partial charge in [0, 0.05) is 11.6 Å². The third-order valence-corrected chi connectivity index (χ3v) is 4.86. The lowest BCUT2D eigenvalue weighted by molar-refractivity contribution is 0.281. The van der Waals surface area contributed by atoms with Crippen LogP contribution in [0.4, 0.5) is 4.39 Å². The van der Waals surface area contributed by atoms with Gasteiger partial charge in [-0.3, -0.25) is 0 Å². The monoisotopic (exact) mass is 273 g/mol. The summed E-state index contributed by atoms with van der Waals surface area (Å²) in [5, 5.41) is 9.00. The van der Waals surface area contributed by atoms with Gasteiger partial charge in [-0.15, -0.1) is 0 Å². The smallest absolute Gasteiger partial charge is 0.241 e. The zero-order chi connectivity index (χ0) is 13.5. The lowest BCUT2D eigenvalue weighted by Gasteiger charge is -2.11. The number of aliphatic hydroxyl groups excluding tert-OH is 1. The summed E-state index contributed by atoms with van der Waals surface area (Å²) in [5.74, 6) is -0.295. The number of hydrogen-bond acceptors (Lipinski definition) is 3. The summed E-state index contributed by atoms with van der Waals surface area (Å²) in [6.45, 7) is 2.98. The highest BCUT2D eigenvalue weighted by Crippen LogP contribution is 2.31. The Kier molecular flexibility index (Phi) is 3.44. The van der Waals surface area contributed by atoms with Crippen LogP contribution in [0.3, 0.4) is 0 Å². The summed E-state index contributed by atoms with van der Waals surface area (Å²) in [6.07, 6.45) is 0.806. The Morgan fingerprint density at radius 1 is 1.50 bits per heavy atom. The van der Waals surface area contributed by atoms with Crippen molar-refractivity contribution in [1.82, 2.24) is 4.72 Å². The minimum Gasteiger partial charge on any atom is -0.392 e. The topological polar surface area (TPSA) is 66.4 Å². The molecule has 2 N–H and O–H groups in total. The van der Waals surface area contributed by atoms with Gasteiger partial charge in [0.1, 0.15) is 5.82 Å². The van der Waals surface area contributed by atoms with Gasteiger partial charge in [0.25, 0.3) is 0 Å². The maximum absolute atomic E-state index is 13.6. The van der Waals surface area contributed by atoms with Crippen molar-refractivity contribution in [2.45, 2.75) is 37.8 Å². The second kappa shape index (κ2) is 4.60. The Morgan fingerprint density at radius 3 is 2.61 bits per heavy atom. The molecule has 0 bridgehead atoms. The fraction of sp³-hybridized carbons (Fsp3) is 0.500. The molecule has 0 amide bonds. The zero-order valence-electron chi connectivity index (χ0n) is 10.3. The first-order valence-corrected chi connectivity index (χ1v) is 7.25. The van der Waals surface area contributed by atoms with Crippen molar-refractivity contribution in [2.75, 3.05) is 0 Å². The molecule has 4 nitrogen and oxygen atoms in total. The Bertz CT molecular complexity index is 571. The van der Waals surface area contributed by atoms with Gasteiger partial charge in [0.2, 0.25) is 10.0 Å². The molecule has 1 aromatic rings. The molecule has 1 aliphatic rings. The molecule has 1 aromatic carbocycles. The molecule has 0 aliphatic heterocycles. The molecule has 100 valence electrons. The van der Waals surface area contributed by atoms with Gasteiger partial charge in [-0.1, -0.05) is 6.92 Å². The van der Waals surface area contributed by atoms with Crippen molar-refractivity contribution in [2.24, 2.45) is 5.92 Å². The summed E-state index contributed by atoms with van der Waals surface area (Å²) in [7, 11) is -3.72. The van der Waals surface area contributed by atoms with Crippen LogP contribution >= 0.6 is 0 Å². The minimum atomic E-state index is -3.72. The second-order valence-electron chi connectivity index (χ2n) is 4.80. The Labute approximate surface area is 106 Å². The predicted octanol–water partition coefficient (Wildman–Crippen LogP) is 1.31. The molecule has 0 aromatic heterocycles. The standard InChI is InChI=1S/C12H16FNO3S/c1-7-3-11(7)14-18(16,17)12-5-9(6-15)4-10(13)8(12)2/h4-5,7,11,14-15H,3,6H2,1-2H3. The number of aliphatic hydroxyl groups is 1. The van der Waals surface area contributed by atoms with E-state index in [1.165, 1.54) is 13.0 Å². The second-order valence-corrected chi connectivity index (χ2v) is 6.48. The quantitative estimate of drug-likeness (QED) is 0.869. The van der Waals surface area contributed by atoms with E-state index in [2.05, 4.69) is 4.72 Å². The molecular weight excluding hydrogens is 257 g/mol. The molecule has 18 heavy (non-hydrogen) atoms. The summed E-state index contributed by atoms with van der Waals surface area (Å²) >= 11 is 0. The Hall–Kier alpha value is -0.980. The van der Waals surface area contributed by atoms with Crippen LogP contribution in [-0.4, -0.2) is 19.6 Å². The number of benzene rings is 1. The molecule has 1 fully saturated rings. The minimum absolute atomic E-state index is 0.0600. The molecule has 2 rings (SSSR count). The highest BCUT2D eigenvalue weighted by molar-refractivity contribution is 7.89. The van der Waals surface area contributed by atoms with Gasteiger partial charge < -0.3 is 5.11 Å². The number of nitrogens with one attached hydrogen (secondary N) is 1. The summed E-state index contributed by atoms with van der Waals surface area (Å²) < 4.78 is 40.3. The van der Waals surface area contributed by atoms with Crippen LogP contribution in [0.25, 0.3) is 0 Å². The lowest BCUT2D eigenvalue weighted by atomic mass is 10.1. The molecule has 6 heteroatoms. The third-order valence-electron chi connectivity index (χ3n) is 3.24. The van der Waals surface area contributed by atoms with Gasteiger partial charge in [0.05, 0.1) is 11.5 Å². The van der Waals surface area contributed by atoms with Gasteiger partial charge in [-0.2, -0.15) is 0 Å². The van der Waals surface area contributed by atoms with E-state index in [1.807, 2.05) is 6.92 Å². The first kappa shape index (κ1) is 13.5. The first-order valence-electron chi connectivity index (χ1n) is 5.77. The van der Waals surface area contributed by atoms with Crippen LogP contribution < -0.4 is 4.72 Å². The molecular formula is C12H16FNO3S. The van der Waals surface area contributed by atoms with E-state index in [4.69, 9.17) is 5.11 Å². The first-order chi connectivity index (χ1) is 8.35. The molecule has 0 radical (unpaired) electrons. The Balaban J connectivity index is 2.39. The highest BCUT2D eigenvalue weighted by atomic mass is 32.2. The molecule has 0 heterocycles. The summed E-state index contributed by atoms with van der Waals surface area (Å²) in [4.78, 5) is -0.0920. The van der Waals surface area contributed by atoms with Crippen LogP contribution in [0.1, 0.15) is 24.5 Å². The SMILES string of the molecule is Cc1c(F)cc(CO)cc1S(=O)(=O)NC1CC1C. The molecule has 2 atom stereocenters. The molecule has 2 unspecified atom stereocenters.